The van der Waals surface area contributed by atoms with Gasteiger partial charge >= 0.3 is 0 Å². The monoisotopic (exact) mass is 312 g/mol. The molecule has 0 aliphatic heterocycles. The molecule has 0 unspecified atom stereocenters. The molecule has 0 bridgehead atoms. The lowest BCUT2D eigenvalue weighted by atomic mass is 10.3. The Labute approximate surface area is 129 Å². The standard InChI is InChI=1S/C13H21ClN6O/c1-4-11-13(14)12(19(2)17-11)9-20-8-10(16-18-20)7-15-5-6-21-3/h8,15H,4-7,9H2,1-3H3. The summed E-state index contributed by atoms with van der Waals surface area (Å²) in [6, 6.07) is 0. The molecule has 0 radical (unpaired) electrons. The van der Waals surface area contributed by atoms with Gasteiger partial charge in [-0.15, -0.1) is 5.10 Å². The zero-order chi connectivity index (χ0) is 15.2. The maximum atomic E-state index is 6.33. The summed E-state index contributed by atoms with van der Waals surface area (Å²) in [4.78, 5) is 0. The van der Waals surface area contributed by atoms with E-state index in [0.29, 0.717) is 19.7 Å². The van der Waals surface area contributed by atoms with Crippen LogP contribution in [0.3, 0.4) is 0 Å². The van der Waals surface area contributed by atoms with Gasteiger partial charge in [0.1, 0.15) is 0 Å². The Bertz CT molecular complexity index is 579. The molecule has 0 aromatic carbocycles. The van der Waals surface area contributed by atoms with E-state index in [2.05, 4.69) is 20.7 Å². The lowest BCUT2D eigenvalue weighted by Gasteiger charge is -2.02. The molecule has 0 aliphatic carbocycles. The van der Waals surface area contributed by atoms with Gasteiger partial charge in [-0.05, 0) is 6.42 Å². The summed E-state index contributed by atoms with van der Waals surface area (Å²) in [5.41, 5.74) is 2.74. The third-order valence-corrected chi connectivity index (χ3v) is 3.63. The minimum absolute atomic E-state index is 0.563. The molecule has 2 aromatic rings. The van der Waals surface area contributed by atoms with Crippen LogP contribution >= 0.6 is 11.6 Å². The highest BCUT2D eigenvalue weighted by atomic mass is 35.5. The zero-order valence-corrected chi connectivity index (χ0v) is 13.4. The quantitative estimate of drug-likeness (QED) is 0.737. The average Bonchev–Trinajstić information content (AvgIpc) is 3.03. The summed E-state index contributed by atoms with van der Waals surface area (Å²) in [7, 11) is 3.57. The van der Waals surface area contributed by atoms with E-state index >= 15 is 0 Å². The maximum Gasteiger partial charge on any atom is 0.0965 e. The molecular formula is C13H21ClN6O. The van der Waals surface area contributed by atoms with Crippen molar-refractivity contribution in [2.24, 2.45) is 7.05 Å². The van der Waals surface area contributed by atoms with Crippen LogP contribution in [0.1, 0.15) is 24.0 Å². The van der Waals surface area contributed by atoms with Gasteiger partial charge in [0.25, 0.3) is 0 Å². The lowest BCUT2D eigenvalue weighted by molar-refractivity contribution is 0.199. The molecule has 7 nitrogen and oxygen atoms in total. The fourth-order valence-corrected chi connectivity index (χ4v) is 2.39. The summed E-state index contributed by atoms with van der Waals surface area (Å²) < 4.78 is 8.55. The van der Waals surface area contributed by atoms with Crippen LogP contribution in [0.15, 0.2) is 6.20 Å². The van der Waals surface area contributed by atoms with Crippen molar-refractivity contribution < 1.29 is 4.74 Å². The van der Waals surface area contributed by atoms with E-state index in [0.717, 1.165) is 35.1 Å². The number of rotatable bonds is 8. The van der Waals surface area contributed by atoms with Crippen molar-refractivity contribution in [2.75, 3.05) is 20.3 Å². The van der Waals surface area contributed by atoms with Crippen LogP contribution in [0.2, 0.25) is 5.02 Å². The molecule has 0 atom stereocenters. The summed E-state index contributed by atoms with van der Waals surface area (Å²) in [6.45, 7) is 4.74. The third kappa shape index (κ3) is 4.03. The van der Waals surface area contributed by atoms with Gasteiger partial charge in [0.05, 0.1) is 41.5 Å². The SMILES string of the molecule is CCc1nn(C)c(Cn2cc(CNCCOC)nn2)c1Cl. The molecule has 2 heterocycles. The molecule has 116 valence electrons. The summed E-state index contributed by atoms with van der Waals surface area (Å²) in [6.07, 6.45) is 2.73. The molecule has 8 heteroatoms. The number of hydrogen-bond acceptors (Lipinski definition) is 5. The van der Waals surface area contributed by atoms with Crippen LogP contribution in [0.4, 0.5) is 0 Å². The van der Waals surface area contributed by atoms with Crippen molar-refractivity contribution in [1.82, 2.24) is 30.1 Å². The normalized spacial score (nSPS) is 11.2. The number of aromatic nitrogens is 5. The van der Waals surface area contributed by atoms with E-state index in [-0.39, 0.29) is 0 Å². The van der Waals surface area contributed by atoms with E-state index in [1.165, 1.54) is 0 Å². The fourth-order valence-electron chi connectivity index (χ4n) is 2.03. The van der Waals surface area contributed by atoms with Gasteiger partial charge in [-0.1, -0.05) is 23.7 Å². The van der Waals surface area contributed by atoms with Crippen LogP contribution in [0.25, 0.3) is 0 Å². The van der Waals surface area contributed by atoms with Gasteiger partial charge in [0, 0.05) is 27.2 Å². The number of methoxy groups -OCH3 is 1. The molecule has 0 fully saturated rings. The zero-order valence-electron chi connectivity index (χ0n) is 12.6. The number of nitrogens with one attached hydrogen (secondary N) is 1. The molecule has 0 amide bonds. The minimum Gasteiger partial charge on any atom is -0.383 e. The predicted octanol–water partition coefficient (Wildman–Crippen LogP) is 1.01. The van der Waals surface area contributed by atoms with E-state index in [9.17, 15) is 0 Å². The van der Waals surface area contributed by atoms with Gasteiger partial charge in [-0.3, -0.25) is 4.68 Å². The molecule has 0 aliphatic rings. The van der Waals surface area contributed by atoms with Crippen molar-refractivity contribution in [1.29, 1.82) is 0 Å². The van der Waals surface area contributed by atoms with E-state index < -0.39 is 0 Å². The molecule has 2 rings (SSSR count). The van der Waals surface area contributed by atoms with Crippen LogP contribution in [0, 0.1) is 0 Å². The number of halogens is 1. The predicted molar refractivity (Wildman–Crippen MR) is 80.3 cm³/mol. The van der Waals surface area contributed by atoms with Crippen LogP contribution in [0.5, 0.6) is 0 Å². The number of aryl methyl sites for hydroxylation is 2. The van der Waals surface area contributed by atoms with Gasteiger partial charge in [-0.2, -0.15) is 5.10 Å². The topological polar surface area (TPSA) is 69.8 Å². The molecule has 1 N–H and O–H groups in total. The van der Waals surface area contributed by atoms with E-state index in [1.807, 2.05) is 20.2 Å². The van der Waals surface area contributed by atoms with Gasteiger partial charge in [0.15, 0.2) is 0 Å². The van der Waals surface area contributed by atoms with Crippen LogP contribution < -0.4 is 5.32 Å². The van der Waals surface area contributed by atoms with Crippen LogP contribution in [-0.4, -0.2) is 45.0 Å². The minimum atomic E-state index is 0.563. The Balaban J connectivity index is 1.98. The van der Waals surface area contributed by atoms with Crippen molar-refractivity contribution >= 4 is 11.6 Å². The molecule has 0 saturated heterocycles. The smallest absolute Gasteiger partial charge is 0.0965 e. The van der Waals surface area contributed by atoms with Crippen molar-refractivity contribution in [3.8, 4) is 0 Å². The van der Waals surface area contributed by atoms with Crippen LogP contribution in [-0.2, 0) is 31.3 Å². The van der Waals surface area contributed by atoms with Crippen molar-refractivity contribution in [3.05, 3.63) is 28.3 Å². The molecular weight excluding hydrogens is 292 g/mol. The highest BCUT2D eigenvalue weighted by Crippen LogP contribution is 2.21. The first-order valence-electron chi connectivity index (χ1n) is 6.94. The van der Waals surface area contributed by atoms with Gasteiger partial charge in [0.2, 0.25) is 0 Å². The molecule has 0 saturated carbocycles. The van der Waals surface area contributed by atoms with E-state index in [1.54, 1.807) is 16.5 Å². The maximum absolute atomic E-state index is 6.33. The summed E-state index contributed by atoms with van der Waals surface area (Å²) in [5.74, 6) is 0. The Kier molecular flexibility index (Phi) is 5.72. The Morgan fingerprint density at radius 1 is 1.43 bits per heavy atom. The number of nitrogens with zero attached hydrogens (tertiary/aromatic N) is 5. The molecule has 0 spiro atoms. The first kappa shape index (κ1) is 15.9. The highest BCUT2D eigenvalue weighted by molar-refractivity contribution is 6.31. The second-order valence-electron chi connectivity index (χ2n) is 4.76. The Morgan fingerprint density at radius 2 is 2.24 bits per heavy atom. The summed E-state index contributed by atoms with van der Waals surface area (Å²) >= 11 is 6.33. The largest absolute Gasteiger partial charge is 0.383 e. The highest BCUT2D eigenvalue weighted by Gasteiger charge is 2.14. The third-order valence-electron chi connectivity index (χ3n) is 3.19. The molecule has 2 aromatic heterocycles. The van der Waals surface area contributed by atoms with Gasteiger partial charge < -0.3 is 10.1 Å². The Hall–Kier alpha value is -1.44. The van der Waals surface area contributed by atoms with E-state index in [4.69, 9.17) is 16.3 Å². The Morgan fingerprint density at radius 3 is 2.90 bits per heavy atom. The number of ether oxygens (including phenoxy) is 1. The molecule has 21 heavy (non-hydrogen) atoms. The second kappa shape index (κ2) is 7.53. The summed E-state index contributed by atoms with van der Waals surface area (Å²) in [5, 5.41) is 16.6. The average molecular weight is 313 g/mol. The fraction of sp³-hybridized carbons (Fsp3) is 0.615. The number of hydrogen-bond donors (Lipinski definition) is 1. The first-order valence-corrected chi connectivity index (χ1v) is 7.32. The van der Waals surface area contributed by atoms with Crippen molar-refractivity contribution in [2.45, 2.75) is 26.4 Å². The lowest BCUT2D eigenvalue weighted by Crippen LogP contribution is -2.18. The second-order valence-corrected chi connectivity index (χ2v) is 5.14. The van der Waals surface area contributed by atoms with Gasteiger partial charge in [-0.25, -0.2) is 4.68 Å². The van der Waals surface area contributed by atoms with Crippen molar-refractivity contribution in [3.63, 3.8) is 0 Å². The first-order chi connectivity index (χ1) is 10.2.